The Morgan fingerprint density at radius 2 is 2.18 bits per heavy atom. The van der Waals surface area contributed by atoms with Gasteiger partial charge in [0.2, 0.25) is 5.89 Å². The third kappa shape index (κ3) is 1.37. The van der Waals surface area contributed by atoms with E-state index in [4.69, 9.17) is 9.15 Å². The topological polar surface area (TPSA) is 52.3 Å². The van der Waals surface area contributed by atoms with Crippen LogP contribution in [0.3, 0.4) is 0 Å². The molecule has 0 bridgehead atoms. The van der Waals surface area contributed by atoms with E-state index in [1.54, 1.807) is 0 Å². The molecule has 1 fully saturated rings. The fourth-order valence-electron chi connectivity index (χ4n) is 2.31. The number of nitrogens with zero attached hydrogens (tertiary/aromatic N) is 1. The molecule has 1 heterocycles. The van der Waals surface area contributed by atoms with E-state index in [1.807, 2.05) is 24.3 Å². The molecule has 88 valence electrons. The average Bonchev–Trinajstić information content (AvgIpc) is 2.70. The third-order valence-corrected chi connectivity index (χ3v) is 3.49. The van der Waals surface area contributed by atoms with Crippen molar-refractivity contribution in [3.8, 4) is 0 Å². The average molecular weight is 231 g/mol. The number of oxazole rings is 1. The van der Waals surface area contributed by atoms with Crippen LogP contribution in [0, 0.1) is 0 Å². The minimum atomic E-state index is -0.645. The van der Waals surface area contributed by atoms with E-state index < -0.39 is 5.41 Å². The molecule has 0 aliphatic heterocycles. The van der Waals surface area contributed by atoms with Gasteiger partial charge in [0.25, 0.3) is 0 Å². The van der Waals surface area contributed by atoms with Gasteiger partial charge in [-0.1, -0.05) is 18.6 Å². The van der Waals surface area contributed by atoms with E-state index in [-0.39, 0.29) is 5.97 Å². The van der Waals surface area contributed by atoms with Gasteiger partial charge in [-0.25, -0.2) is 4.98 Å². The van der Waals surface area contributed by atoms with E-state index in [0.29, 0.717) is 5.89 Å². The van der Waals surface area contributed by atoms with Gasteiger partial charge in [-0.15, -0.1) is 0 Å². The number of rotatable bonds is 2. The fraction of sp³-hybridized carbons (Fsp3) is 0.385. The number of hydrogen-bond donors (Lipinski definition) is 0. The largest absolute Gasteiger partial charge is 0.468 e. The van der Waals surface area contributed by atoms with E-state index >= 15 is 0 Å². The minimum Gasteiger partial charge on any atom is -0.468 e. The first-order chi connectivity index (χ1) is 8.26. The van der Waals surface area contributed by atoms with Gasteiger partial charge in [0.1, 0.15) is 10.9 Å². The van der Waals surface area contributed by atoms with Gasteiger partial charge in [-0.05, 0) is 25.0 Å². The molecule has 4 nitrogen and oxygen atoms in total. The maximum absolute atomic E-state index is 11.9. The van der Waals surface area contributed by atoms with Crippen LogP contribution in [0.25, 0.3) is 11.1 Å². The van der Waals surface area contributed by atoms with Crippen LogP contribution < -0.4 is 0 Å². The Kier molecular flexibility index (Phi) is 2.18. The summed E-state index contributed by atoms with van der Waals surface area (Å²) < 4.78 is 10.6. The molecule has 3 rings (SSSR count). The molecule has 0 N–H and O–H groups in total. The van der Waals surface area contributed by atoms with Gasteiger partial charge >= 0.3 is 5.97 Å². The second kappa shape index (κ2) is 3.58. The van der Waals surface area contributed by atoms with Crippen molar-refractivity contribution in [2.45, 2.75) is 24.7 Å². The smallest absolute Gasteiger partial charge is 0.321 e. The molecule has 0 atom stereocenters. The first kappa shape index (κ1) is 10.3. The first-order valence-corrected chi connectivity index (χ1v) is 5.71. The van der Waals surface area contributed by atoms with Crippen LogP contribution in [0.4, 0.5) is 0 Å². The number of methoxy groups -OCH3 is 1. The van der Waals surface area contributed by atoms with Crippen molar-refractivity contribution in [3.05, 3.63) is 30.2 Å². The van der Waals surface area contributed by atoms with E-state index in [9.17, 15) is 4.79 Å². The van der Waals surface area contributed by atoms with Crippen molar-refractivity contribution in [2.75, 3.05) is 7.11 Å². The van der Waals surface area contributed by atoms with E-state index in [2.05, 4.69) is 4.98 Å². The van der Waals surface area contributed by atoms with Gasteiger partial charge in [0.05, 0.1) is 7.11 Å². The van der Waals surface area contributed by atoms with Crippen LogP contribution in [0.1, 0.15) is 25.2 Å². The molecule has 0 unspecified atom stereocenters. The highest BCUT2D eigenvalue weighted by Crippen LogP contribution is 2.44. The van der Waals surface area contributed by atoms with Gasteiger partial charge < -0.3 is 9.15 Å². The van der Waals surface area contributed by atoms with Gasteiger partial charge in [0.15, 0.2) is 5.58 Å². The highest BCUT2D eigenvalue weighted by Gasteiger charge is 2.51. The van der Waals surface area contributed by atoms with Gasteiger partial charge in [-0.2, -0.15) is 0 Å². The number of esters is 1. The number of carbonyl (C=O) groups excluding carboxylic acids is 1. The first-order valence-electron chi connectivity index (χ1n) is 5.71. The summed E-state index contributed by atoms with van der Waals surface area (Å²) in [5.74, 6) is 0.257. The van der Waals surface area contributed by atoms with Crippen LogP contribution >= 0.6 is 0 Å². The van der Waals surface area contributed by atoms with Crippen LogP contribution in [-0.2, 0) is 14.9 Å². The summed E-state index contributed by atoms with van der Waals surface area (Å²) in [6, 6.07) is 7.53. The Morgan fingerprint density at radius 1 is 1.41 bits per heavy atom. The van der Waals surface area contributed by atoms with Crippen molar-refractivity contribution >= 4 is 17.1 Å². The van der Waals surface area contributed by atoms with Crippen molar-refractivity contribution in [1.29, 1.82) is 0 Å². The molecule has 17 heavy (non-hydrogen) atoms. The van der Waals surface area contributed by atoms with Crippen molar-refractivity contribution in [3.63, 3.8) is 0 Å². The fourth-order valence-corrected chi connectivity index (χ4v) is 2.31. The Bertz CT molecular complexity index is 536. The quantitative estimate of drug-likeness (QED) is 0.745. The summed E-state index contributed by atoms with van der Waals surface area (Å²) >= 11 is 0. The maximum atomic E-state index is 11.9. The Labute approximate surface area is 98.6 Å². The van der Waals surface area contributed by atoms with Crippen LogP contribution in [0.5, 0.6) is 0 Å². The number of carbonyl (C=O) groups is 1. The number of benzene rings is 1. The lowest BCUT2D eigenvalue weighted by Crippen LogP contribution is -2.43. The minimum absolute atomic E-state index is 0.240. The predicted octanol–water partition coefficient (Wildman–Crippen LogP) is 2.42. The number of fused-ring (bicyclic) bond motifs is 1. The monoisotopic (exact) mass is 231 g/mol. The molecule has 2 aromatic rings. The van der Waals surface area contributed by atoms with Crippen LogP contribution in [0.2, 0.25) is 0 Å². The zero-order valence-electron chi connectivity index (χ0n) is 9.60. The van der Waals surface area contributed by atoms with Gasteiger partial charge in [-0.3, -0.25) is 4.79 Å². The van der Waals surface area contributed by atoms with Gasteiger partial charge in [0, 0.05) is 0 Å². The SMILES string of the molecule is COC(=O)C1(c2nc3ccccc3o2)CCC1. The Morgan fingerprint density at radius 3 is 2.76 bits per heavy atom. The zero-order valence-corrected chi connectivity index (χ0v) is 9.60. The van der Waals surface area contributed by atoms with Crippen molar-refractivity contribution in [1.82, 2.24) is 4.98 Å². The summed E-state index contributed by atoms with van der Waals surface area (Å²) in [5, 5.41) is 0. The predicted molar refractivity (Wildman–Crippen MR) is 61.6 cm³/mol. The molecule has 1 aliphatic rings. The molecular weight excluding hydrogens is 218 g/mol. The lowest BCUT2D eigenvalue weighted by atomic mass is 9.68. The molecule has 0 spiro atoms. The van der Waals surface area contributed by atoms with E-state index in [0.717, 1.165) is 30.4 Å². The molecule has 1 aromatic heterocycles. The highest BCUT2D eigenvalue weighted by atomic mass is 16.5. The van der Waals surface area contributed by atoms with Crippen LogP contribution in [-0.4, -0.2) is 18.1 Å². The normalized spacial score (nSPS) is 17.7. The lowest BCUT2D eigenvalue weighted by molar-refractivity contribution is -0.152. The molecule has 4 heteroatoms. The third-order valence-electron chi connectivity index (χ3n) is 3.49. The molecule has 1 saturated carbocycles. The number of ether oxygens (including phenoxy) is 1. The molecule has 0 amide bonds. The number of hydrogen-bond acceptors (Lipinski definition) is 4. The summed E-state index contributed by atoms with van der Waals surface area (Å²) in [6.45, 7) is 0. The van der Waals surface area contributed by atoms with Crippen LogP contribution in [0.15, 0.2) is 28.7 Å². The number of para-hydroxylation sites is 2. The standard InChI is InChI=1S/C13H13NO3/c1-16-12(15)13(7-4-8-13)11-14-9-5-2-3-6-10(9)17-11/h2-3,5-6H,4,7-8H2,1H3. The zero-order chi connectivity index (χ0) is 11.9. The highest BCUT2D eigenvalue weighted by molar-refractivity contribution is 5.84. The molecule has 0 radical (unpaired) electrons. The van der Waals surface area contributed by atoms with Crippen molar-refractivity contribution in [2.24, 2.45) is 0 Å². The maximum Gasteiger partial charge on any atom is 0.321 e. The second-order valence-corrected chi connectivity index (χ2v) is 4.41. The van der Waals surface area contributed by atoms with Crippen molar-refractivity contribution < 1.29 is 13.9 Å². The molecule has 1 aromatic carbocycles. The molecular formula is C13H13NO3. The molecule has 0 saturated heterocycles. The van der Waals surface area contributed by atoms with E-state index in [1.165, 1.54) is 7.11 Å². The lowest BCUT2D eigenvalue weighted by Gasteiger charge is -2.35. The Balaban J connectivity index is 2.10. The molecule has 1 aliphatic carbocycles. The number of aromatic nitrogens is 1. The second-order valence-electron chi connectivity index (χ2n) is 4.41. The Hall–Kier alpha value is -1.84. The summed E-state index contributed by atoms with van der Waals surface area (Å²) in [6.07, 6.45) is 2.52. The summed E-state index contributed by atoms with van der Waals surface area (Å²) in [4.78, 5) is 16.3. The summed E-state index contributed by atoms with van der Waals surface area (Å²) in [7, 11) is 1.41. The summed E-state index contributed by atoms with van der Waals surface area (Å²) in [5.41, 5.74) is 0.865.